The zero-order chi connectivity index (χ0) is 13.1. The molecule has 17 heavy (non-hydrogen) atoms. The summed E-state index contributed by atoms with van der Waals surface area (Å²) in [6.07, 6.45) is 2.16. The lowest BCUT2D eigenvalue weighted by atomic mass is 9.85. The van der Waals surface area contributed by atoms with Crippen molar-refractivity contribution in [2.75, 3.05) is 6.61 Å². The maximum Gasteiger partial charge on any atom is 0.311 e. The summed E-state index contributed by atoms with van der Waals surface area (Å²) in [5, 5.41) is 12.0. The van der Waals surface area contributed by atoms with E-state index in [1.165, 1.54) is 0 Å². The van der Waals surface area contributed by atoms with Crippen LogP contribution in [-0.4, -0.2) is 35.7 Å². The number of amides is 1. The van der Waals surface area contributed by atoms with Crippen molar-refractivity contribution in [3.8, 4) is 0 Å². The van der Waals surface area contributed by atoms with Gasteiger partial charge in [0, 0.05) is 6.04 Å². The summed E-state index contributed by atoms with van der Waals surface area (Å²) >= 11 is 0. The molecule has 0 aromatic rings. The van der Waals surface area contributed by atoms with E-state index in [9.17, 15) is 14.7 Å². The average Bonchev–Trinajstić information content (AvgIpc) is 2.59. The summed E-state index contributed by atoms with van der Waals surface area (Å²) < 4.78 is 5.18. The van der Waals surface area contributed by atoms with Crippen molar-refractivity contribution in [3.05, 3.63) is 0 Å². The standard InChI is InChI=1S/C12H21NO4/c1-8(2)17-7-10(14)13-9-5-4-6-12(9,3)11(15)16/h8-9H,4-7H2,1-3H3,(H,13,14)(H,15,16). The maximum absolute atomic E-state index is 11.6. The molecule has 0 aliphatic heterocycles. The summed E-state index contributed by atoms with van der Waals surface area (Å²) in [5.41, 5.74) is -0.840. The summed E-state index contributed by atoms with van der Waals surface area (Å²) in [6, 6.07) is -0.289. The van der Waals surface area contributed by atoms with Crippen molar-refractivity contribution in [1.29, 1.82) is 0 Å². The molecule has 5 nitrogen and oxygen atoms in total. The van der Waals surface area contributed by atoms with E-state index in [2.05, 4.69) is 5.32 Å². The van der Waals surface area contributed by atoms with Crippen molar-refractivity contribution in [1.82, 2.24) is 5.32 Å². The Labute approximate surface area is 102 Å². The molecule has 2 unspecified atom stereocenters. The van der Waals surface area contributed by atoms with E-state index in [1.54, 1.807) is 6.92 Å². The Balaban J connectivity index is 2.50. The van der Waals surface area contributed by atoms with Crippen molar-refractivity contribution in [2.45, 2.75) is 52.2 Å². The minimum Gasteiger partial charge on any atom is -0.481 e. The van der Waals surface area contributed by atoms with Crippen molar-refractivity contribution in [2.24, 2.45) is 5.41 Å². The van der Waals surface area contributed by atoms with E-state index >= 15 is 0 Å². The van der Waals surface area contributed by atoms with Crippen LogP contribution in [-0.2, 0) is 14.3 Å². The number of rotatable bonds is 5. The molecule has 0 aromatic heterocycles. The molecule has 0 bridgehead atoms. The first-order valence-electron chi connectivity index (χ1n) is 6.00. The second-order valence-electron chi connectivity index (χ2n) is 5.09. The summed E-state index contributed by atoms with van der Waals surface area (Å²) in [7, 11) is 0. The van der Waals surface area contributed by atoms with E-state index < -0.39 is 11.4 Å². The second kappa shape index (κ2) is 5.49. The van der Waals surface area contributed by atoms with Gasteiger partial charge in [0.2, 0.25) is 5.91 Å². The molecule has 1 aliphatic carbocycles. The molecular formula is C12H21NO4. The predicted molar refractivity (Wildman–Crippen MR) is 62.6 cm³/mol. The Kier molecular flexibility index (Phi) is 4.51. The van der Waals surface area contributed by atoms with E-state index in [0.717, 1.165) is 12.8 Å². The van der Waals surface area contributed by atoms with Gasteiger partial charge >= 0.3 is 5.97 Å². The Hall–Kier alpha value is -1.10. The van der Waals surface area contributed by atoms with Gasteiger partial charge in [-0.05, 0) is 33.6 Å². The van der Waals surface area contributed by atoms with Gasteiger partial charge in [0.25, 0.3) is 0 Å². The first kappa shape index (κ1) is 14.0. The number of aliphatic carboxylic acids is 1. The number of hydrogen-bond donors (Lipinski definition) is 2. The smallest absolute Gasteiger partial charge is 0.311 e. The van der Waals surface area contributed by atoms with Crippen LogP contribution < -0.4 is 5.32 Å². The number of carbonyl (C=O) groups excluding carboxylic acids is 1. The molecule has 2 atom stereocenters. The van der Waals surface area contributed by atoms with Crippen LogP contribution in [0.15, 0.2) is 0 Å². The van der Waals surface area contributed by atoms with Crippen LogP contribution in [0.25, 0.3) is 0 Å². The van der Waals surface area contributed by atoms with Crippen LogP contribution in [0.4, 0.5) is 0 Å². The van der Waals surface area contributed by atoms with E-state index in [1.807, 2.05) is 13.8 Å². The van der Waals surface area contributed by atoms with E-state index in [-0.39, 0.29) is 24.7 Å². The van der Waals surface area contributed by atoms with E-state index in [4.69, 9.17) is 4.74 Å². The third kappa shape index (κ3) is 3.43. The van der Waals surface area contributed by atoms with Crippen LogP contribution >= 0.6 is 0 Å². The molecule has 0 heterocycles. The fourth-order valence-electron chi connectivity index (χ4n) is 2.13. The lowest BCUT2D eigenvalue weighted by Gasteiger charge is -2.27. The van der Waals surface area contributed by atoms with Crippen molar-refractivity contribution in [3.63, 3.8) is 0 Å². The molecular weight excluding hydrogens is 222 g/mol. The minimum absolute atomic E-state index is 0.00446. The number of carbonyl (C=O) groups is 2. The molecule has 0 aromatic carbocycles. The van der Waals surface area contributed by atoms with Gasteiger partial charge < -0.3 is 15.2 Å². The number of hydrogen-bond acceptors (Lipinski definition) is 3. The molecule has 1 saturated carbocycles. The predicted octanol–water partition coefficient (Wildman–Crippen LogP) is 1.17. The molecule has 0 radical (unpaired) electrons. The molecule has 1 fully saturated rings. The van der Waals surface area contributed by atoms with Gasteiger partial charge in [-0.25, -0.2) is 0 Å². The van der Waals surface area contributed by atoms with Crippen molar-refractivity contribution < 1.29 is 19.4 Å². The molecule has 5 heteroatoms. The second-order valence-corrected chi connectivity index (χ2v) is 5.09. The first-order valence-corrected chi connectivity index (χ1v) is 6.00. The Morgan fingerprint density at radius 2 is 2.18 bits per heavy atom. The Bertz CT molecular complexity index is 303. The topological polar surface area (TPSA) is 75.6 Å². The third-order valence-corrected chi connectivity index (χ3v) is 3.33. The Morgan fingerprint density at radius 3 is 2.71 bits per heavy atom. The van der Waals surface area contributed by atoms with Gasteiger partial charge in [-0.2, -0.15) is 0 Å². The van der Waals surface area contributed by atoms with Crippen LogP contribution in [0.5, 0.6) is 0 Å². The lowest BCUT2D eigenvalue weighted by Crippen LogP contribution is -2.48. The summed E-state index contributed by atoms with van der Waals surface area (Å²) in [4.78, 5) is 22.8. The van der Waals surface area contributed by atoms with Gasteiger partial charge in [0.1, 0.15) is 6.61 Å². The molecule has 0 spiro atoms. The third-order valence-electron chi connectivity index (χ3n) is 3.33. The monoisotopic (exact) mass is 243 g/mol. The normalized spacial score (nSPS) is 28.4. The zero-order valence-electron chi connectivity index (χ0n) is 10.7. The first-order chi connectivity index (χ1) is 7.86. The van der Waals surface area contributed by atoms with Crippen LogP contribution in [0, 0.1) is 5.41 Å². The van der Waals surface area contributed by atoms with Gasteiger partial charge in [-0.1, -0.05) is 6.42 Å². The fraction of sp³-hybridized carbons (Fsp3) is 0.833. The minimum atomic E-state index is -0.843. The molecule has 0 saturated heterocycles. The fourth-order valence-corrected chi connectivity index (χ4v) is 2.13. The highest BCUT2D eigenvalue weighted by Crippen LogP contribution is 2.38. The molecule has 1 rings (SSSR count). The summed E-state index contributed by atoms with van der Waals surface area (Å²) in [6.45, 7) is 5.38. The zero-order valence-corrected chi connectivity index (χ0v) is 10.7. The number of nitrogens with one attached hydrogen (secondary N) is 1. The van der Waals surface area contributed by atoms with Crippen molar-refractivity contribution >= 4 is 11.9 Å². The molecule has 98 valence electrons. The average molecular weight is 243 g/mol. The lowest BCUT2D eigenvalue weighted by molar-refractivity contribution is -0.149. The van der Waals surface area contributed by atoms with Crippen LogP contribution in [0.1, 0.15) is 40.0 Å². The number of ether oxygens (including phenoxy) is 1. The van der Waals surface area contributed by atoms with Crippen LogP contribution in [0.2, 0.25) is 0 Å². The largest absolute Gasteiger partial charge is 0.481 e. The van der Waals surface area contributed by atoms with Gasteiger partial charge in [0.05, 0.1) is 11.5 Å². The summed E-state index contributed by atoms with van der Waals surface area (Å²) in [5.74, 6) is -1.08. The van der Waals surface area contributed by atoms with Crippen LogP contribution in [0.3, 0.4) is 0 Å². The number of carboxylic acid groups (broad SMARTS) is 1. The molecule has 2 N–H and O–H groups in total. The van der Waals surface area contributed by atoms with Gasteiger partial charge in [-0.15, -0.1) is 0 Å². The highest BCUT2D eigenvalue weighted by molar-refractivity contribution is 5.80. The highest BCUT2D eigenvalue weighted by Gasteiger charge is 2.45. The Morgan fingerprint density at radius 1 is 1.53 bits per heavy atom. The molecule has 1 amide bonds. The van der Waals surface area contributed by atoms with Gasteiger partial charge in [0.15, 0.2) is 0 Å². The van der Waals surface area contributed by atoms with E-state index in [0.29, 0.717) is 6.42 Å². The van der Waals surface area contributed by atoms with Gasteiger partial charge in [-0.3, -0.25) is 9.59 Å². The quantitative estimate of drug-likeness (QED) is 0.760. The highest BCUT2D eigenvalue weighted by atomic mass is 16.5. The number of carboxylic acids is 1. The SMILES string of the molecule is CC(C)OCC(=O)NC1CCCC1(C)C(=O)O. The maximum atomic E-state index is 11.6. The molecule has 1 aliphatic rings.